The summed E-state index contributed by atoms with van der Waals surface area (Å²) in [5.41, 5.74) is 9.67. The lowest BCUT2D eigenvalue weighted by Crippen LogP contribution is -2.06. The van der Waals surface area contributed by atoms with Crippen molar-refractivity contribution in [1.29, 1.82) is 0 Å². The van der Waals surface area contributed by atoms with Crippen LogP contribution in [0.15, 0.2) is 22.1 Å². The maximum Gasteiger partial charge on any atom is 0.175 e. The maximum atomic E-state index is 5.90. The molecule has 2 aromatic rings. The van der Waals surface area contributed by atoms with Crippen LogP contribution in [0.5, 0.6) is 11.5 Å². The lowest BCUT2D eigenvalue weighted by molar-refractivity contribution is 0.296. The van der Waals surface area contributed by atoms with Crippen LogP contribution in [-0.4, -0.2) is 25.2 Å². The average molecular weight is 371 g/mol. The van der Waals surface area contributed by atoms with Crippen molar-refractivity contribution in [3.63, 3.8) is 0 Å². The van der Waals surface area contributed by atoms with Crippen LogP contribution in [0.4, 0.5) is 0 Å². The molecular weight excluding hydrogens is 352 g/mol. The van der Waals surface area contributed by atoms with Gasteiger partial charge in [0.1, 0.15) is 0 Å². The number of ether oxygens (including phenoxy) is 2. The minimum atomic E-state index is 0.591. The second kappa shape index (κ2) is 7.77. The molecule has 0 saturated carbocycles. The molecule has 1 heterocycles. The molecule has 0 aliphatic rings. The first-order valence-electron chi connectivity index (χ1n) is 6.74. The Balaban J connectivity index is 2.06. The van der Waals surface area contributed by atoms with Crippen molar-refractivity contribution >= 4 is 27.3 Å². The first kappa shape index (κ1) is 16.3. The molecule has 0 radical (unpaired) electrons. The number of hydrogen-bond acceptors (Lipinski definition) is 5. The summed E-state index contributed by atoms with van der Waals surface area (Å²) in [4.78, 5) is 5.50. The van der Waals surface area contributed by atoms with Crippen LogP contribution >= 0.6 is 27.3 Å². The molecule has 0 fully saturated rings. The standard InChI is InChI=1S/C15H19BrN2O2S/c1-10-14(21-9-18-10)4-6-20-15-12(16)7-11(3-5-17)8-13(15)19-2/h7-9H,3-6,17H2,1-2H3. The number of nitrogens with two attached hydrogens (primary N) is 1. The first-order chi connectivity index (χ1) is 10.2. The predicted octanol–water partition coefficient (Wildman–Crippen LogP) is 3.35. The lowest BCUT2D eigenvalue weighted by atomic mass is 10.1. The molecule has 0 spiro atoms. The summed E-state index contributed by atoms with van der Waals surface area (Å²) in [6.45, 7) is 3.22. The van der Waals surface area contributed by atoms with Gasteiger partial charge in [-0.3, -0.25) is 0 Å². The number of aromatic nitrogens is 1. The van der Waals surface area contributed by atoms with E-state index in [0.717, 1.165) is 40.1 Å². The monoisotopic (exact) mass is 370 g/mol. The van der Waals surface area contributed by atoms with Gasteiger partial charge in [0, 0.05) is 11.3 Å². The summed E-state index contributed by atoms with van der Waals surface area (Å²) in [5.74, 6) is 1.47. The van der Waals surface area contributed by atoms with E-state index in [1.165, 1.54) is 4.88 Å². The average Bonchev–Trinajstić information content (AvgIpc) is 2.86. The van der Waals surface area contributed by atoms with Crippen LogP contribution in [0.1, 0.15) is 16.1 Å². The van der Waals surface area contributed by atoms with E-state index in [1.807, 2.05) is 24.6 Å². The molecule has 0 atom stereocenters. The fourth-order valence-electron chi connectivity index (χ4n) is 2.04. The van der Waals surface area contributed by atoms with Gasteiger partial charge in [-0.15, -0.1) is 11.3 Å². The Hall–Kier alpha value is -1.11. The van der Waals surface area contributed by atoms with Gasteiger partial charge in [-0.2, -0.15) is 0 Å². The highest BCUT2D eigenvalue weighted by molar-refractivity contribution is 9.10. The highest BCUT2D eigenvalue weighted by atomic mass is 79.9. The fraction of sp³-hybridized carbons (Fsp3) is 0.400. The van der Waals surface area contributed by atoms with Gasteiger partial charge in [0.15, 0.2) is 11.5 Å². The molecule has 6 heteroatoms. The van der Waals surface area contributed by atoms with Crippen LogP contribution in [-0.2, 0) is 12.8 Å². The first-order valence-corrected chi connectivity index (χ1v) is 8.41. The van der Waals surface area contributed by atoms with E-state index < -0.39 is 0 Å². The third-order valence-electron chi connectivity index (χ3n) is 3.14. The van der Waals surface area contributed by atoms with Crippen molar-refractivity contribution in [2.24, 2.45) is 5.73 Å². The molecule has 1 aromatic heterocycles. The van der Waals surface area contributed by atoms with Crippen LogP contribution in [0.25, 0.3) is 0 Å². The van der Waals surface area contributed by atoms with Gasteiger partial charge >= 0.3 is 0 Å². The van der Waals surface area contributed by atoms with Crippen molar-refractivity contribution in [2.45, 2.75) is 19.8 Å². The topological polar surface area (TPSA) is 57.4 Å². The van der Waals surface area contributed by atoms with Gasteiger partial charge in [0.25, 0.3) is 0 Å². The maximum absolute atomic E-state index is 5.90. The molecule has 21 heavy (non-hydrogen) atoms. The third-order valence-corrected chi connectivity index (χ3v) is 4.73. The molecule has 1 aromatic carbocycles. The minimum absolute atomic E-state index is 0.591. The van der Waals surface area contributed by atoms with Gasteiger partial charge in [0.05, 0.1) is 29.4 Å². The Morgan fingerprint density at radius 1 is 1.33 bits per heavy atom. The van der Waals surface area contributed by atoms with E-state index in [9.17, 15) is 0 Å². The molecule has 0 aliphatic heterocycles. The third kappa shape index (κ3) is 4.18. The zero-order valence-electron chi connectivity index (χ0n) is 12.2. The van der Waals surface area contributed by atoms with E-state index in [0.29, 0.717) is 13.2 Å². The van der Waals surface area contributed by atoms with Gasteiger partial charge in [-0.05, 0) is 53.5 Å². The largest absolute Gasteiger partial charge is 0.493 e. The number of thiazole rings is 1. The molecule has 2 rings (SSSR count). The number of benzene rings is 1. The smallest absolute Gasteiger partial charge is 0.175 e. The van der Waals surface area contributed by atoms with Crippen LogP contribution < -0.4 is 15.2 Å². The summed E-state index contributed by atoms with van der Waals surface area (Å²) < 4.78 is 12.2. The van der Waals surface area contributed by atoms with Crippen molar-refractivity contribution < 1.29 is 9.47 Å². The quantitative estimate of drug-likeness (QED) is 0.811. The number of hydrogen-bond donors (Lipinski definition) is 1. The fourth-order valence-corrected chi connectivity index (χ4v) is 3.40. The van der Waals surface area contributed by atoms with E-state index in [2.05, 4.69) is 20.9 Å². The van der Waals surface area contributed by atoms with Crippen molar-refractivity contribution in [3.05, 3.63) is 38.3 Å². The Bertz CT molecular complexity index is 601. The molecule has 0 saturated heterocycles. The molecular formula is C15H19BrN2O2S. The van der Waals surface area contributed by atoms with Crippen molar-refractivity contribution in [1.82, 2.24) is 4.98 Å². The molecule has 2 N–H and O–H groups in total. The highest BCUT2D eigenvalue weighted by Crippen LogP contribution is 2.37. The van der Waals surface area contributed by atoms with Gasteiger partial charge in [0.2, 0.25) is 0 Å². The zero-order chi connectivity index (χ0) is 15.2. The Morgan fingerprint density at radius 2 is 2.14 bits per heavy atom. The van der Waals surface area contributed by atoms with Gasteiger partial charge in [-0.1, -0.05) is 0 Å². The number of aryl methyl sites for hydroxylation is 1. The van der Waals surface area contributed by atoms with E-state index in [4.69, 9.17) is 15.2 Å². The zero-order valence-corrected chi connectivity index (χ0v) is 14.6. The number of methoxy groups -OCH3 is 1. The van der Waals surface area contributed by atoms with E-state index in [-0.39, 0.29) is 0 Å². The summed E-state index contributed by atoms with van der Waals surface area (Å²) in [6.07, 6.45) is 1.66. The van der Waals surface area contributed by atoms with Crippen LogP contribution in [0.3, 0.4) is 0 Å². The Kier molecular flexibility index (Phi) is 6.02. The van der Waals surface area contributed by atoms with Crippen LogP contribution in [0.2, 0.25) is 0 Å². The second-order valence-corrected chi connectivity index (χ2v) is 6.40. The molecule has 4 nitrogen and oxygen atoms in total. The lowest BCUT2D eigenvalue weighted by Gasteiger charge is -2.14. The predicted molar refractivity (Wildman–Crippen MR) is 89.5 cm³/mol. The van der Waals surface area contributed by atoms with Gasteiger partial charge in [-0.25, -0.2) is 4.98 Å². The molecule has 114 valence electrons. The number of halogens is 1. The normalized spacial score (nSPS) is 10.7. The summed E-state index contributed by atoms with van der Waals surface area (Å²) in [7, 11) is 1.65. The number of rotatable bonds is 7. The summed E-state index contributed by atoms with van der Waals surface area (Å²) in [5, 5.41) is 0. The summed E-state index contributed by atoms with van der Waals surface area (Å²) in [6, 6.07) is 4.01. The van der Waals surface area contributed by atoms with E-state index in [1.54, 1.807) is 18.4 Å². The number of nitrogens with zero attached hydrogens (tertiary/aromatic N) is 1. The van der Waals surface area contributed by atoms with Crippen LogP contribution in [0, 0.1) is 6.92 Å². The minimum Gasteiger partial charge on any atom is -0.493 e. The highest BCUT2D eigenvalue weighted by Gasteiger charge is 2.12. The molecule has 0 aliphatic carbocycles. The Labute approximate surface area is 137 Å². The Morgan fingerprint density at radius 3 is 2.76 bits per heavy atom. The second-order valence-electron chi connectivity index (χ2n) is 4.61. The molecule has 0 bridgehead atoms. The molecule has 0 amide bonds. The molecule has 0 unspecified atom stereocenters. The van der Waals surface area contributed by atoms with E-state index >= 15 is 0 Å². The van der Waals surface area contributed by atoms with Gasteiger partial charge < -0.3 is 15.2 Å². The summed E-state index contributed by atoms with van der Waals surface area (Å²) >= 11 is 5.21. The van der Waals surface area contributed by atoms with Crippen molar-refractivity contribution in [2.75, 3.05) is 20.3 Å². The SMILES string of the molecule is COc1cc(CCN)cc(Br)c1OCCc1scnc1C. The van der Waals surface area contributed by atoms with Crippen molar-refractivity contribution in [3.8, 4) is 11.5 Å².